The quantitative estimate of drug-likeness (QED) is 0.720. The summed E-state index contributed by atoms with van der Waals surface area (Å²) < 4.78 is 3.39. The monoisotopic (exact) mass is 347 g/mol. The molecular formula is C18H17N7O. The highest BCUT2D eigenvalue weighted by molar-refractivity contribution is 6.04. The molecule has 0 unspecified atom stereocenters. The van der Waals surface area contributed by atoms with Crippen molar-refractivity contribution in [1.82, 2.24) is 24.4 Å². The zero-order valence-electron chi connectivity index (χ0n) is 14.3. The SMILES string of the molecule is Cn1cc(-c2cn3nccc(N4CC[C@@](C#N)(C5CC5)C4=O)c3n2)cn1. The number of carbonyl (C=O) groups excluding carboxylic acids is 1. The molecule has 0 N–H and O–H groups in total. The van der Waals surface area contributed by atoms with E-state index in [1.54, 1.807) is 32.6 Å². The molecular weight excluding hydrogens is 330 g/mol. The smallest absolute Gasteiger partial charge is 0.247 e. The van der Waals surface area contributed by atoms with Crippen molar-refractivity contribution < 1.29 is 4.79 Å². The second-order valence-corrected chi connectivity index (χ2v) is 7.08. The van der Waals surface area contributed by atoms with Gasteiger partial charge in [-0.3, -0.25) is 9.48 Å². The third-order valence-electron chi connectivity index (χ3n) is 5.46. The summed E-state index contributed by atoms with van der Waals surface area (Å²) in [6, 6.07) is 4.12. The Balaban J connectivity index is 1.58. The molecule has 26 heavy (non-hydrogen) atoms. The van der Waals surface area contributed by atoms with E-state index in [4.69, 9.17) is 0 Å². The van der Waals surface area contributed by atoms with Crippen LogP contribution >= 0.6 is 0 Å². The minimum atomic E-state index is -0.862. The lowest BCUT2D eigenvalue weighted by Gasteiger charge is -2.21. The summed E-state index contributed by atoms with van der Waals surface area (Å²) in [5, 5.41) is 18.2. The van der Waals surface area contributed by atoms with Gasteiger partial charge < -0.3 is 4.90 Å². The number of amides is 1. The lowest BCUT2D eigenvalue weighted by Crippen LogP contribution is -2.35. The zero-order chi connectivity index (χ0) is 17.9. The van der Waals surface area contributed by atoms with Crippen LogP contribution in [0, 0.1) is 22.7 Å². The van der Waals surface area contributed by atoms with Gasteiger partial charge in [0.15, 0.2) is 5.65 Å². The summed E-state index contributed by atoms with van der Waals surface area (Å²) in [6.07, 6.45) is 9.63. The molecule has 1 saturated heterocycles. The Labute approximate surface area is 149 Å². The normalized spacial score (nSPS) is 22.9. The largest absolute Gasteiger partial charge is 0.307 e. The van der Waals surface area contributed by atoms with Gasteiger partial charge >= 0.3 is 0 Å². The maximum atomic E-state index is 13.1. The molecule has 0 radical (unpaired) electrons. The molecule has 130 valence electrons. The van der Waals surface area contributed by atoms with E-state index in [-0.39, 0.29) is 11.8 Å². The molecule has 1 amide bonds. The van der Waals surface area contributed by atoms with Crippen LogP contribution in [0.25, 0.3) is 16.9 Å². The molecule has 4 heterocycles. The predicted molar refractivity (Wildman–Crippen MR) is 92.9 cm³/mol. The number of nitrogens with zero attached hydrogens (tertiary/aromatic N) is 7. The van der Waals surface area contributed by atoms with Crippen LogP contribution in [-0.4, -0.2) is 36.8 Å². The molecule has 3 aromatic rings. The highest BCUT2D eigenvalue weighted by Gasteiger charge is 2.57. The molecule has 3 aromatic heterocycles. The number of imidazole rings is 1. The number of rotatable bonds is 3. The van der Waals surface area contributed by atoms with Gasteiger partial charge in [-0.2, -0.15) is 15.5 Å². The van der Waals surface area contributed by atoms with Crippen molar-refractivity contribution in [3.8, 4) is 17.3 Å². The van der Waals surface area contributed by atoms with Crippen molar-refractivity contribution in [3.63, 3.8) is 0 Å². The fraction of sp³-hybridized carbons (Fsp3) is 0.389. The Morgan fingerprint density at radius 1 is 1.31 bits per heavy atom. The van der Waals surface area contributed by atoms with E-state index >= 15 is 0 Å². The molecule has 0 aromatic carbocycles. The van der Waals surface area contributed by atoms with Crippen molar-refractivity contribution in [2.45, 2.75) is 19.3 Å². The minimum absolute atomic E-state index is 0.0958. The molecule has 8 nitrogen and oxygen atoms in total. The second-order valence-electron chi connectivity index (χ2n) is 7.08. The van der Waals surface area contributed by atoms with Crippen LogP contribution in [-0.2, 0) is 11.8 Å². The number of aromatic nitrogens is 5. The first-order valence-corrected chi connectivity index (χ1v) is 8.69. The molecule has 1 atom stereocenters. The second kappa shape index (κ2) is 5.14. The van der Waals surface area contributed by atoms with Gasteiger partial charge in [-0.1, -0.05) is 0 Å². The summed E-state index contributed by atoms with van der Waals surface area (Å²) in [5.74, 6) is 0.107. The summed E-state index contributed by atoms with van der Waals surface area (Å²) in [4.78, 5) is 19.5. The zero-order valence-corrected chi connectivity index (χ0v) is 14.3. The van der Waals surface area contributed by atoms with Crippen molar-refractivity contribution in [1.29, 1.82) is 5.26 Å². The molecule has 8 heteroatoms. The first-order chi connectivity index (χ1) is 12.6. The van der Waals surface area contributed by atoms with Crippen molar-refractivity contribution >= 4 is 17.2 Å². The Hall–Kier alpha value is -3.21. The van der Waals surface area contributed by atoms with Crippen LogP contribution in [0.5, 0.6) is 0 Å². The summed E-state index contributed by atoms with van der Waals surface area (Å²) >= 11 is 0. The Morgan fingerprint density at radius 3 is 2.85 bits per heavy atom. The molecule has 1 saturated carbocycles. The van der Waals surface area contributed by atoms with E-state index in [1.807, 2.05) is 19.4 Å². The van der Waals surface area contributed by atoms with E-state index in [9.17, 15) is 10.1 Å². The fourth-order valence-corrected chi connectivity index (χ4v) is 3.90. The highest BCUT2D eigenvalue weighted by atomic mass is 16.2. The van der Waals surface area contributed by atoms with Gasteiger partial charge in [0.2, 0.25) is 5.91 Å². The van der Waals surface area contributed by atoms with E-state index in [0.29, 0.717) is 24.3 Å². The molecule has 0 bridgehead atoms. The van der Waals surface area contributed by atoms with Gasteiger partial charge in [0, 0.05) is 25.4 Å². The first kappa shape index (κ1) is 15.1. The van der Waals surface area contributed by atoms with Crippen LogP contribution < -0.4 is 4.90 Å². The molecule has 1 aliphatic heterocycles. The maximum absolute atomic E-state index is 13.1. The first-order valence-electron chi connectivity index (χ1n) is 8.69. The number of hydrogen-bond donors (Lipinski definition) is 0. The average Bonchev–Trinajstić information content (AvgIpc) is 3.12. The van der Waals surface area contributed by atoms with Gasteiger partial charge in [-0.25, -0.2) is 9.50 Å². The number of aryl methyl sites for hydroxylation is 1. The Kier molecular flexibility index (Phi) is 2.98. The van der Waals surface area contributed by atoms with E-state index < -0.39 is 5.41 Å². The summed E-state index contributed by atoms with van der Waals surface area (Å²) in [7, 11) is 1.85. The number of hydrogen-bond acceptors (Lipinski definition) is 5. The number of carbonyl (C=O) groups is 1. The maximum Gasteiger partial charge on any atom is 0.247 e. The van der Waals surface area contributed by atoms with Crippen LogP contribution in [0.2, 0.25) is 0 Å². The minimum Gasteiger partial charge on any atom is -0.307 e. The standard InChI is InChI=1S/C18H17N7O/c1-23-9-12(8-21-23)14-10-25-16(22-14)15(4-6-20-25)24-7-5-18(11-19,17(24)26)13-2-3-13/h4,6,8-10,13H,2-3,5,7H2,1H3/t18-/m1/s1. The van der Waals surface area contributed by atoms with Crippen LogP contribution in [0.4, 0.5) is 5.69 Å². The van der Waals surface area contributed by atoms with Crippen LogP contribution in [0.3, 0.4) is 0 Å². The summed E-state index contributed by atoms with van der Waals surface area (Å²) in [6.45, 7) is 0.539. The number of fused-ring (bicyclic) bond motifs is 1. The van der Waals surface area contributed by atoms with Crippen molar-refractivity contribution in [2.75, 3.05) is 11.4 Å². The number of anilines is 1. The van der Waals surface area contributed by atoms with Gasteiger partial charge in [0.25, 0.3) is 0 Å². The van der Waals surface area contributed by atoms with Crippen molar-refractivity contribution in [3.05, 3.63) is 30.9 Å². The van der Waals surface area contributed by atoms with E-state index in [1.165, 1.54) is 0 Å². The van der Waals surface area contributed by atoms with Gasteiger partial charge in [0.05, 0.1) is 36.0 Å². The summed E-state index contributed by atoms with van der Waals surface area (Å²) in [5.41, 5.74) is 2.10. The third kappa shape index (κ3) is 2.00. The molecule has 0 spiro atoms. The molecule has 2 fully saturated rings. The molecule has 2 aliphatic rings. The van der Waals surface area contributed by atoms with Crippen LogP contribution in [0.1, 0.15) is 19.3 Å². The molecule has 1 aliphatic carbocycles. The Morgan fingerprint density at radius 2 is 2.15 bits per heavy atom. The topological polar surface area (TPSA) is 92.1 Å². The van der Waals surface area contributed by atoms with E-state index in [0.717, 1.165) is 24.1 Å². The van der Waals surface area contributed by atoms with E-state index in [2.05, 4.69) is 21.3 Å². The van der Waals surface area contributed by atoms with Gasteiger partial charge in [-0.15, -0.1) is 0 Å². The Bertz CT molecular complexity index is 1070. The number of nitriles is 1. The predicted octanol–water partition coefficient (Wildman–Crippen LogP) is 1.79. The van der Waals surface area contributed by atoms with Gasteiger partial charge in [0.1, 0.15) is 5.41 Å². The van der Waals surface area contributed by atoms with Crippen LogP contribution in [0.15, 0.2) is 30.9 Å². The molecule has 5 rings (SSSR count). The third-order valence-corrected chi connectivity index (χ3v) is 5.46. The lowest BCUT2D eigenvalue weighted by atomic mass is 9.83. The lowest BCUT2D eigenvalue weighted by molar-refractivity contribution is -0.123. The average molecular weight is 347 g/mol. The highest BCUT2D eigenvalue weighted by Crippen LogP contribution is 2.52. The van der Waals surface area contributed by atoms with Gasteiger partial charge in [-0.05, 0) is 31.2 Å². The fourth-order valence-electron chi connectivity index (χ4n) is 3.90. The van der Waals surface area contributed by atoms with Crippen molar-refractivity contribution in [2.24, 2.45) is 18.4 Å².